The number of methoxy groups -OCH3 is 1. The summed E-state index contributed by atoms with van der Waals surface area (Å²) in [6, 6.07) is -0.0133. The maximum Gasteiger partial charge on any atom is 0.512 e. The molecular weight excluding hydrogens is 200 g/mol. The number of nitrogens with zero attached hydrogens (tertiary/aromatic N) is 2. The van der Waals surface area contributed by atoms with Crippen LogP contribution >= 0.6 is 11.6 Å². The SMILES string of the molecule is COc1ncc(Cl)c(OC(=O)O)n1. The molecule has 0 saturated heterocycles. The minimum atomic E-state index is -1.50. The third kappa shape index (κ3) is 2.45. The van der Waals surface area contributed by atoms with E-state index in [-0.39, 0.29) is 16.9 Å². The Morgan fingerprint density at radius 1 is 1.69 bits per heavy atom. The molecule has 0 aliphatic heterocycles. The van der Waals surface area contributed by atoms with Crippen LogP contribution in [-0.4, -0.2) is 28.3 Å². The summed E-state index contributed by atoms with van der Waals surface area (Å²) < 4.78 is 8.88. The number of halogens is 1. The standard InChI is InChI=1S/C6H5ClN2O4/c1-12-5-8-2-3(7)4(9-5)13-6(10)11/h2H,1H3,(H,10,11). The largest absolute Gasteiger partial charge is 0.512 e. The summed E-state index contributed by atoms with van der Waals surface area (Å²) in [6.07, 6.45) is -0.311. The van der Waals surface area contributed by atoms with Crippen molar-refractivity contribution in [1.82, 2.24) is 9.97 Å². The Balaban J connectivity index is 2.96. The molecule has 6 nitrogen and oxygen atoms in total. The van der Waals surface area contributed by atoms with Gasteiger partial charge in [-0.25, -0.2) is 9.78 Å². The van der Waals surface area contributed by atoms with Crippen LogP contribution in [-0.2, 0) is 0 Å². The zero-order valence-corrected chi connectivity index (χ0v) is 7.28. The van der Waals surface area contributed by atoms with Gasteiger partial charge in [0, 0.05) is 0 Å². The van der Waals surface area contributed by atoms with Crippen LogP contribution in [0.1, 0.15) is 0 Å². The first-order valence-corrected chi connectivity index (χ1v) is 3.48. The normalized spacial score (nSPS) is 9.38. The summed E-state index contributed by atoms with van der Waals surface area (Å²) in [6.45, 7) is 0. The number of rotatable bonds is 2. The van der Waals surface area contributed by atoms with Gasteiger partial charge >= 0.3 is 12.2 Å². The lowest BCUT2D eigenvalue weighted by Crippen LogP contribution is -2.06. The Hall–Kier alpha value is -1.56. The van der Waals surface area contributed by atoms with Crippen molar-refractivity contribution in [2.75, 3.05) is 7.11 Å². The lowest BCUT2D eigenvalue weighted by atomic mass is 10.6. The van der Waals surface area contributed by atoms with Crippen LogP contribution in [0.15, 0.2) is 6.20 Å². The van der Waals surface area contributed by atoms with Gasteiger partial charge in [0.25, 0.3) is 5.88 Å². The summed E-state index contributed by atoms with van der Waals surface area (Å²) in [7, 11) is 1.34. The van der Waals surface area contributed by atoms with E-state index in [4.69, 9.17) is 16.7 Å². The van der Waals surface area contributed by atoms with Crippen LogP contribution in [0, 0.1) is 0 Å². The minimum absolute atomic E-state index is 0.00296. The maximum atomic E-state index is 10.1. The molecule has 0 spiro atoms. The van der Waals surface area contributed by atoms with Gasteiger partial charge in [-0.1, -0.05) is 11.6 Å². The molecule has 7 heteroatoms. The molecule has 13 heavy (non-hydrogen) atoms. The van der Waals surface area contributed by atoms with E-state index in [1.165, 1.54) is 13.3 Å². The Labute approximate surface area is 78.1 Å². The number of carbonyl (C=O) groups is 1. The highest BCUT2D eigenvalue weighted by molar-refractivity contribution is 6.31. The number of aromatic nitrogens is 2. The molecule has 1 aromatic rings. The summed E-state index contributed by atoms with van der Waals surface area (Å²) in [5.41, 5.74) is 0. The van der Waals surface area contributed by atoms with Crippen molar-refractivity contribution in [3.05, 3.63) is 11.2 Å². The van der Waals surface area contributed by atoms with Crippen molar-refractivity contribution >= 4 is 17.8 Å². The molecule has 1 heterocycles. The fourth-order valence-electron chi connectivity index (χ4n) is 0.589. The maximum absolute atomic E-state index is 10.1. The van der Waals surface area contributed by atoms with E-state index in [2.05, 4.69) is 19.4 Å². The molecule has 0 aliphatic carbocycles. The molecule has 0 aliphatic rings. The quantitative estimate of drug-likeness (QED) is 0.729. The molecule has 0 fully saturated rings. The molecule has 1 N–H and O–H groups in total. The van der Waals surface area contributed by atoms with Crippen molar-refractivity contribution in [3.63, 3.8) is 0 Å². The van der Waals surface area contributed by atoms with Gasteiger partial charge in [0.05, 0.1) is 13.3 Å². The fraction of sp³-hybridized carbons (Fsp3) is 0.167. The topological polar surface area (TPSA) is 81.5 Å². The van der Waals surface area contributed by atoms with Gasteiger partial charge in [-0.05, 0) is 0 Å². The van der Waals surface area contributed by atoms with Gasteiger partial charge < -0.3 is 14.6 Å². The highest BCUT2D eigenvalue weighted by Gasteiger charge is 2.10. The second kappa shape index (κ2) is 3.90. The highest BCUT2D eigenvalue weighted by Crippen LogP contribution is 2.22. The van der Waals surface area contributed by atoms with Crippen molar-refractivity contribution in [2.24, 2.45) is 0 Å². The van der Waals surface area contributed by atoms with Crippen LogP contribution in [0.2, 0.25) is 5.02 Å². The molecule has 0 bridgehead atoms. The van der Waals surface area contributed by atoms with E-state index < -0.39 is 6.16 Å². The van der Waals surface area contributed by atoms with Crippen molar-refractivity contribution < 1.29 is 19.4 Å². The molecule has 0 unspecified atom stereocenters. The molecular formula is C6H5ClN2O4. The summed E-state index contributed by atoms with van der Waals surface area (Å²) in [4.78, 5) is 17.3. The van der Waals surface area contributed by atoms with Gasteiger partial charge in [-0.3, -0.25) is 0 Å². The van der Waals surface area contributed by atoms with Crippen LogP contribution in [0.5, 0.6) is 11.9 Å². The highest BCUT2D eigenvalue weighted by atomic mass is 35.5. The lowest BCUT2D eigenvalue weighted by molar-refractivity contribution is 0.142. The molecule has 0 aromatic carbocycles. The van der Waals surface area contributed by atoms with Gasteiger partial charge in [0.1, 0.15) is 5.02 Å². The van der Waals surface area contributed by atoms with Crippen molar-refractivity contribution in [1.29, 1.82) is 0 Å². The first kappa shape index (κ1) is 9.53. The molecule has 0 saturated carbocycles. The zero-order chi connectivity index (χ0) is 9.84. The van der Waals surface area contributed by atoms with Crippen LogP contribution in [0.25, 0.3) is 0 Å². The second-order valence-corrected chi connectivity index (χ2v) is 2.28. The van der Waals surface area contributed by atoms with E-state index in [1.807, 2.05) is 0 Å². The van der Waals surface area contributed by atoms with E-state index in [9.17, 15) is 4.79 Å². The van der Waals surface area contributed by atoms with Gasteiger partial charge in [0.15, 0.2) is 0 Å². The smallest absolute Gasteiger partial charge is 0.467 e. The predicted molar refractivity (Wildman–Crippen MR) is 42.2 cm³/mol. The first-order valence-electron chi connectivity index (χ1n) is 3.11. The Morgan fingerprint density at radius 2 is 2.38 bits per heavy atom. The number of ether oxygens (including phenoxy) is 2. The summed E-state index contributed by atoms with van der Waals surface area (Å²) >= 11 is 5.53. The molecule has 1 aromatic heterocycles. The minimum Gasteiger partial charge on any atom is -0.467 e. The van der Waals surface area contributed by atoms with Crippen molar-refractivity contribution in [2.45, 2.75) is 0 Å². The van der Waals surface area contributed by atoms with Crippen LogP contribution < -0.4 is 9.47 Å². The van der Waals surface area contributed by atoms with Gasteiger partial charge in [-0.2, -0.15) is 4.98 Å². The van der Waals surface area contributed by atoms with E-state index >= 15 is 0 Å². The summed E-state index contributed by atoms with van der Waals surface area (Å²) in [5, 5.41) is 8.28. The van der Waals surface area contributed by atoms with E-state index in [0.29, 0.717) is 0 Å². The predicted octanol–water partition coefficient (Wildman–Crippen LogP) is 1.20. The molecule has 70 valence electrons. The average molecular weight is 205 g/mol. The third-order valence-corrected chi connectivity index (χ3v) is 1.32. The first-order chi connectivity index (χ1) is 6.13. The van der Waals surface area contributed by atoms with Crippen LogP contribution in [0.3, 0.4) is 0 Å². The van der Waals surface area contributed by atoms with Crippen molar-refractivity contribution in [3.8, 4) is 11.9 Å². The van der Waals surface area contributed by atoms with E-state index in [0.717, 1.165) is 0 Å². The van der Waals surface area contributed by atoms with Crippen LogP contribution in [0.4, 0.5) is 4.79 Å². The Bertz CT molecular complexity index is 330. The molecule has 0 amide bonds. The lowest BCUT2D eigenvalue weighted by Gasteiger charge is -2.02. The Kier molecular flexibility index (Phi) is 2.86. The zero-order valence-electron chi connectivity index (χ0n) is 6.52. The van der Waals surface area contributed by atoms with Gasteiger partial charge in [0.2, 0.25) is 0 Å². The Morgan fingerprint density at radius 3 is 2.92 bits per heavy atom. The van der Waals surface area contributed by atoms with Gasteiger partial charge in [-0.15, -0.1) is 0 Å². The second-order valence-electron chi connectivity index (χ2n) is 1.88. The monoisotopic (exact) mass is 204 g/mol. The number of hydrogen-bond donors (Lipinski definition) is 1. The summed E-state index contributed by atoms with van der Waals surface area (Å²) in [5.74, 6) is -0.249. The van der Waals surface area contributed by atoms with E-state index in [1.54, 1.807) is 0 Å². The number of carboxylic acid groups (broad SMARTS) is 1. The average Bonchev–Trinajstić information content (AvgIpc) is 2.08. The molecule has 1 rings (SSSR count). The third-order valence-electron chi connectivity index (χ3n) is 1.06. The molecule has 0 radical (unpaired) electrons. The fourth-order valence-corrected chi connectivity index (χ4v) is 0.719. The molecule has 0 atom stereocenters. The number of hydrogen-bond acceptors (Lipinski definition) is 5.